The molecule has 0 saturated carbocycles. The summed E-state index contributed by atoms with van der Waals surface area (Å²) in [5.41, 5.74) is 0. The summed E-state index contributed by atoms with van der Waals surface area (Å²) in [5.74, 6) is -0.295. The van der Waals surface area contributed by atoms with Gasteiger partial charge >= 0.3 is 6.18 Å². The van der Waals surface area contributed by atoms with Gasteiger partial charge in [0.2, 0.25) is 5.91 Å². The van der Waals surface area contributed by atoms with Gasteiger partial charge in [-0.1, -0.05) is 0 Å². The summed E-state index contributed by atoms with van der Waals surface area (Å²) in [7, 11) is 1.10. The summed E-state index contributed by atoms with van der Waals surface area (Å²) in [6.07, 6.45) is -3.64. The van der Waals surface area contributed by atoms with Gasteiger partial charge in [-0.25, -0.2) is 4.99 Å². The van der Waals surface area contributed by atoms with Crippen LogP contribution in [-0.2, 0) is 9.53 Å². The highest BCUT2D eigenvalue weighted by molar-refractivity contribution is 5.84. The number of hydrogen-bond donors (Lipinski definition) is 2. The van der Waals surface area contributed by atoms with Gasteiger partial charge in [0.05, 0.1) is 0 Å². The number of guanidine groups is 1. The number of alkyl halides is 3. The minimum absolute atomic E-state index is 0.340. The molecule has 0 spiro atoms. The Morgan fingerprint density at radius 3 is 2.50 bits per heavy atom. The Balaban J connectivity index is 4.26. The maximum Gasteiger partial charge on any atom is 0.406 e. The highest BCUT2D eigenvalue weighted by atomic mass is 19.4. The van der Waals surface area contributed by atoms with Crippen LogP contribution in [0.5, 0.6) is 0 Å². The van der Waals surface area contributed by atoms with E-state index in [1.807, 2.05) is 13.8 Å². The van der Waals surface area contributed by atoms with Crippen molar-refractivity contribution in [1.29, 1.82) is 0 Å². The van der Waals surface area contributed by atoms with Crippen molar-refractivity contribution in [2.24, 2.45) is 4.99 Å². The lowest BCUT2D eigenvalue weighted by Gasteiger charge is -2.18. The molecule has 130 valence electrons. The molecule has 0 aliphatic heterocycles. The third kappa shape index (κ3) is 11.2. The van der Waals surface area contributed by atoms with Gasteiger partial charge in [0.15, 0.2) is 5.96 Å². The summed E-state index contributed by atoms with van der Waals surface area (Å²) >= 11 is 0. The van der Waals surface area contributed by atoms with Crippen molar-refractivity contribution >= 4 is 11.9 Å². The highest BCUT2D eigenvalue weighted by Gasteiger charge is 2.30. The van der Waals surface area contributed by atoms with E-state index in [-0.39, 0.29) is 6.54 Å². The number of rotatable bonds is 9. The first kappa shape index (κ1) is 20.5. The van der Waals surface area contributed by atoms with Gasteiger partial charge in [0.1, 0.15) is 13.1 Å². The number of carbonyl (C=O) groups excluding carboxylic acids is 1. The minimum Gasteiger partial charge on any atom is -0.382 e. The van der Waals surface area contributed by atoms with E-state index in [1.165, 1.54) is 0 Å². The van der Waals surface area contributed by atoms with Crippen molar-refractivity contribution in [1.82, 2.24) is 15.5 Å². The fraction of sp³-hybridized carbons (Fsp3) is 0.846. The Morgan fingerprint density at radius 1 is 1.27 bits per heavy atom. The van der Waals surface area contributed by atoms with Gasteiger partial charge in [-0.05, 0) is 20.3 Å². The van der Waals surface area contributed by atoms with E-state index in [9.17, 15) is 18.0 Å². The monoisotopic (exact) mass is 326 g/mol. The molecule has 0 rings (SSSR count). The highest BCUT2D eigenvalue weighted by Crippen LogP contribution is 2.15. The summed E-state index contributed by atoms with van der Waals surface area (Å²) < 4.78 is 41.7. The van der Waals surface area contributed by atoms with E-state index in [0.29, 0.717) is 37.2 Å². The van der Waals surface area contributed by atoms with Gasteiger partial charge < -0.3 is 20.3 Å². The third-order valence-corrected chi connectivity index (χ3v) is 2.52. The molecule has 22 heavy (non-hydrogen) atoms. The number of ether oxygens (including phenoxy) is 1. The fourth-order valence-electron chi connectivity index (χ4n) is 1.49. The largest absolute Gasteiger partial charge is 0.406 e. The Kier molecular flexibility index (Phi) is 10.3. The second-order valence-electron chi connectivity index (χ2n) is 4.54. The number of aliphatic imine (C=N–C) groups is 1. The van der Waals surface area contributed by atoms with Crippen LogP contribution < -0.4 is 10.6 Å². The molecular weight excluding hydrogens is 301 g/mol. The van der Waals surface area contributed by atoms with Crippen LogP contribution >= 0.6 is 0 Å². The molecule has 0 radical (unpaired) electrons. The summed E-state index contributed by atoms with van der Waals surface area (Å²) in [4.78, 5) is 16.2. The predicted octanol–water partition coefficient (Wildman–Crippen LogP) is 0.989. The topological polar surface area (TPSA) is 66.0 Å². The van der Waals surface area contributed by atoms with Crippen LogP contribution in [0.2, 0.25) is 0 Å². The number of amides is 1. The second-order valence-corrected chi connectivity index (χ2v) is 4.54. The lowest BCUT2D eigenvalue weighted by molar-refractivity contribution is -0.157. The van der Waals surface area contributed by atoms with Crippen molar-refractivity contribution in [2.45, 2.75) is 26.4 Å². The van der Waals surface area contributed by atoms with Crippen LogP contribution in [0.1, 0.15) is 20.3 Å². The Bertz CT molecular complexity index is 349. The van der Waals surface area contributed by atoms with Crippen LogP contribution in [0, 0.1) is 0 Å². The Labute approximate surface area is 129 Å². The van der Waals surface area contributed by atoms with Gasteiger partial charge in [-0.15, -0.1) is 0 Å². The summed E-state index contributed by atoms with van der Waals surface area (Å²) in [6, 6.07) is 0. The fourth-order valence-corrected chi connectivity index (χ4v) is 1.49. The molecule has 0 heterocycles. The van der Waals surface area contributed by atoms with E-state index >= 15 is 0 Å². The lowest BCUT2D eigenvalue weighted by Crippen LogP contribution is -2.40. The zero-order valence-corrected chi connectivity index (χ0v) is 13.3. The normalized spacial score (nSPS) is 12.2. The second kappa shape index (κ2) is 11.1. The van der Waals surface area contributed by atoms with E-state index < -0.39 is 18.6 Å². The molecule has 0 aliphatic rings. The SMILES string of the molecule is CCNC(=NCC(=O)N(C)CC(F)(F)F)NCCCOCC. The molecular formula is C13H25F3N4O2. The first-order valence-electron chi connectivity index (χ1n) is 7.20. The molecule has 0 bridgehead atoms. The molecule has 2 N–H and O–H groups in total. The molecule has 0 unspecified atom stereocenters. The van der Waals surface area contributed by atoms with E-state index in [2.05, 4.69) is 15.6 Å². The molecule has 0 aromatic heterocycles. The number of halogens is 3. The molecule has 0 aromatic rings. The van der Waals surface area contributed by atoms with Crippen molar-refractivity contribution in [3.63, 3.8) is 0 Å². The standard InChI is InChI=1S/C13H25F3N4O2/c1-4-17-12(18-7-6-8-22-5-2)19-9-11(21)20(3)10-13(14,15)16/h4-10H2,1-3H3,(H2,17,18,19). The maximum absolute atomic E-state index is 12.2. The van der Waals surface area contributed by atoms with Gasteiger partial charge in [0.25, 0.3) is 0 Å². The van der Waals surface area contributed by atoms with Gasteiger partial charge in [0, 0.05) is 33.4 Å². The van der Waals surface area contributed by atoms with Crippen molar-refractivity contribution in [2.75, 3.05) is 46.4 Å². The average molecular weight is 326 g/mol. The lowest BCUT2D eigenvalue weighted by atomic mass is 10.4. The van der Waals surface area contributed by atoms with Crippen LogP contribution in [0.15, 0.2) is 4.99 Å². The van der Waals surface area contributed by atoms with Crippen LogP contribution in [-0.4, -0.2) is 69.4 Å². The molecule has 9 heteroatoms. The predicted molar refractivity (Wildman–Crippen MR) is 78.8 cm³/mol. The van der Waals surface area contributed by atoms with Gasteiger partial charge in [-0.3, -0.25) is 4.79 Å². The zero-order chi connectivity index (χ0) is 17.0. The molecule has 0 fully saturated rings. The molecule has 6 nitrogen and oxygen atoms in total. The first-order valence-corrected chi connectivity index (χ1v) is 7.20. The van der Waals surface area contributed by atoms with E-state index in [4.69, 9.17) is 4.74 Å². The number of nitrogens with zero attached hydrogens (tertiary/aromatic N) is 2. The van der Waals surface area contributed by atoms with E-state index in [0.717, 1.165) is 13.5 Å². The van der Waals surface area contributed by atoms with Crippen molar-refractivity contribution < 1.29 is 22.7 Å². The number of carbonyl (C=O) groups is 1. The summed E-state index contributed by atoms with van der Waals surface area (Å²) in [6.45, 7) is 4.58. The first-order chi connectivity index (χ1) is 10.3. The average Bonchev–Trinajstić information content (AvgIpc) is 2.42. The maximum atomic E-state index is 12.2. The molecule has 0 aliphatic carbocycles. The molecule has 0 atom stereocenters. The number of likely N-dealkylation sites (N-methyl/N-ethyl adjacent to an activating group) is 1. The minimum atomic E-state index is -4.41. The van der Waals surface area contributed by atoms with Crippen LogP contribution in [0.3, 0.4) is 0 Å². The molecule has 1 amide bonds. The number of hydrogen-bond acceptors (Lipinski definition) is 3. The molecule has 0 aromatic carbocycles. The van der Waals surface area contributed by atoms with E-state index in [1.54, 1.807) is 0 Å². The van der Waals surface area contributed by atoms with Crippen LogP contribution in [0.25, 0.3) is 0 Å². The number of nitrogens with one attached hydrogen (secondary N) is 2. The Hall–Kier alpha value is -1.51. The van der Waals surface area contributed by atoms with Crippen molar-refractivity contribution in [3.8, 4) is 0 Å². The van der Waals surface area contributed by atoms with Crippen LogP contribution in [0.4, 0.5) is 13.2 Å². The Morgan fingerprint density at radius 2 is 1.95 bits per heavy atom. The third-order valence-electron chi connectivity index (χ3n) is 2.52. The quantitative estimate of drug-likeness (QED) is 0.377. The summed E-state index contributed by atoms with van der Waals surface area (Å²) in [5, 5.41) is 5.91. The molecule has 0 saturated heterocycles. The van der Waals surface area contributed by atoms with Gasteiger partial charge in [-0.2, -0.15) is 13.2 Å². The zero-order valence-electron chi connectivity index (χ0n) is 13.3. The smallest absolute Gasteiger partial charge is 0.382 e. The van der Waals surface area contributed by atoms with Crippen molar-refractivity contribution in [3.05, 3.63) is 0 Å².